The molecule has 2 aliphatic rings. The van der Waals surface area contributed by atoms with Crippen molar-refractivity contribution < 1.29 is 47.6 Å². The summed E-state index contributed by atoms with van der Waals surface area (Å²) in [7, 11) is -2.42. The highest BCUT2D eigenvalue weighted by Gasteiger charge is 2.52. The van der Waals surface area contributed by atoms with Crippen molar-refractivity contribution in [1.82, 2.24) is 0 Å². The van der Waals surface area contributed by atoms with Gasteiger partial charge in [-0.1, -0.05) is 77.0 Å². The number of rotatable bonds is 12. The van der Waals surface area contributed by atoms with Crippen LogP contribution in [-0.4, -0.2) is 81.3 Å². The standard InChI is InChI=1S/C31H51N3O8Si.CO2/c1-18(2)31(7,8)43(9,10)42-30-25(33-34-32)19(3)27(24(40-30)17-37-22(6)35)41-29-20(4)28(26(36)21(5)39-29)38-16-23-14-12-11-13-15-23;2-1-3/h11-15,18-21,24-30,36H,16-17H2,1-10H3;/t19-,20?,21?,24?,25?,26-,27+,28+,29+,30+;/m1./s1. The first-order valence-electron chi connectivity index (χ1n) is 15.7. The van der Waals surface area contributed by atoms with E-state index in [0.29, 0.717) is 12.5 Å². The maximum atomic E-state index is 11.8. The van der Waals surface area contributed by atoms with Gasteiger partial charge in [-0.25, -0.2) is 0 Å². The zero-order chi connectivity index (χ0) is 34.8. The molecule has 2 saturated heterocycles. The molecular formula is C32H51N3O10Si. The third kappa shape index (κ3) is 9.93. The first kappa shape index (κ1) is 39.5. The van der Waals surface area contributed by atoms with Crippen molar-refractivity contribution in [2.24, 2.45) is 22.9 Å². The van der Waals surface area contributed by atoms with Crippen molar-refractivity contribution in [3.8, 4) is 0 Å². The van der Waals surface area contributed by atoms with Crippen LogP contribution in [-0.2, 0) is 49.1 Å². The van der Waals surface area contributed by atoms with Gasteiger partial charge in [0.15, 0.2) is 20.9 Å². The van der Waals surface area contributed by atoms with Crippen LogP contribution in [0, 0.1) is 17.8 Å². The Kier molecular flexibility index (Phi) is 15.0. The van der Waals surface area contributed by atoms with E-state index in [2.05, 4.69) is 50.8 Å². The second-order valence-corrected chi connectivity index (χ2v) is 18.0. The summed E-state index contributed by atoms with van der Waals surface area (Å²) in [6.07, 6.45) is -4.76. The number of aliphatic hydroxyl groups is 1. The van der Waals surface area contributed by atoms with E-state index in [0.717, 1.165) is 5.56 Å². The van der Waals surface area contributed by atoms with Crippen LogP contribution in [0.4, 0.5) is 0 Å². The minimum Gasteiger partial charge on any atom is -0.463 e. The second-order valence-electron chi connectivity index (χ2n) is 13.4. The number of carbonyl (C=O) groups is 1. The lowest BCUT2D eigenvalue weighted by molar-refractivity contribution is -0.325. The predicted octanol–water partition coefficient (Wildman–Crippen LogP) is 5.38. The van der Waals surface area contributed by atoms with Gasteiger partial charge < -0.3 is 33.2 Å². The maximum Gasteiger partial charge on any atom is 0.373 e. The van der Waals surface area contributed by atoms with Crippen molar-refractivity contribution in [2.45, 2.75) is 129 Å². The molecule has 13 nitrogen and oxygen atoms in total. The number of hydrogen-bond acceptors (Lipinski definition) is 11. The Labute approximate surface area is 273 Å². The number of hydrogen-bond donors (Lipinski definition) is 1. The predicted molar refractivity (Wildman–Crippen MR) is 169 cm³/mol. The fourth-order valence-corrected chi connectivity index (χ4v) is 8.06. The molecule has 1 aromatic carbocycles. The largest absolute Gasteiger partial charge is 0.463 e. The van der Waals surface area contributed by atoms with E-state index < -0.39 is 63.4 Å². The first-order chi connectivity index (χ1) is 21.5. The summed E-state index contributed by atoms with van der Waals surface area (Å²) in [6.45, 7) is 20.2. The Morgan fingerprint density at radius 1 is 1.09 bits per heavy atom. The highest BCUT2D eigenvalue weighted by Crippen LogP contribution is 2.47. The molecule has 4 unspecified atom stereocenters. The van der Waals surface area contributed by atoms with Gasteiger partial charge in [0.05, 0.1) is 31.0 Å². The SMILES string of the molecule is CC(=O)OCC1O[C@@H](O[Si](C)(C)C(C)(C)C(C)C)C(N=[N+]=[N-])[C@@H](C)[C@@H]1O[C@@H]1OC(C)[C@@H](O)[C@@H](OCc2ccccc2)C1C.O=C=O. The lowest BCUT2D eigenvalue weighted by Gasteiger charge is -2.51. The molecule has 258 valence electrons. The van der Waals surface area contributed by atoms with Crippen LogP contribution in [0.15, 0.2) is 35.4 Å². The number of aliphatic hydroxyl groups excluding tert-OH is 1. The molecule has 0 radical (unpaired) electrons. The smallest absolute Gasteiger partial charge is 0.373 e. The minimum absolute atomic E-state index is 0.0735. The highest BCUT2D eigenvalue weighted by atomic mass is 28.4. The van der Waals surface area contributed by atoms with Gasteiger partial charge in [0.25, 0.3) is 0 Å². The van der Waals surface area contributed by atoms with Crippen LogP contribution in [0.3, 0.4) is 0 Å². The van der Waals surface area contributed by atoms with Crippen molar-refractivity contribution >= 4 is 20.4 Å². The molecule has 0 amide bonds. The summed E-state index contributed by atoms with van der Waals surface area (Å²) < 4.78 is 37.6. The van der Waals surface area contributed by atoms with Crippen molar-refractivity contribution in [2.75, 3.05) is 6.61 Å². The van der Waals surface area contributed by atoms with Gasteiger partial charge in [0, 0.05) is 17.8 Å². The Hall–Kier alpha value is -2.64. The van der Waals surface area contributed by atoms with Gasteiger partial charge in [-0.15, -0.1) is 0 Å². The normalized spacial score (nSPS) is 31.6. The molecule has 2 heterocycles. The average Bonchev–Trinajstić information content (AvgIpc) is 2.98. The lowest BCUT2D eigenvalue weighted by atomic mass is 9.88. The Bertz CT molecular complexity index is 1190. The first-order valence-corrected chi connectivity index (χ1v) is 18.6. The van der Waals surface area contributed by atoms with E-state index in [1.165, 1.54) is 6.92 Å². The van der Waals surface area contributed by atoms with Gasteiger partial charge in [0.1, 0.15) is 18.8 Å². The average molecular weight is 666 g/mol. The third-order valence-corrected chi connectivity index (χ3v) is 14.2. The van der Waals surface area contributed by atoms with Crippen LogP contribution in [0.5, 0.6) is 0 Å². The number of azide groups is 1. The van der Waals surface area contributed by atoms with E-state index in [-0.39, 0.29) is 29.6 Å². The van der Waals surface area contributed by atoms with E-state index in [9.17, 15) is 15.4 Å². The third-order valence-electron chi connectivity index (χ3n) is 9.74. The van der Waals surface area contributed by atoms with Gasteiger partial charge in [-0.05, 0) is 48.0 Å². The van der Waals surface area contributed by atoms with Crippen molar-refractivity contribution in [1.29, 1.82) is 0 Å². The van der Waals surface area contributed by atoms with Crippen molar-refractivity contribution in [3.63, 3.8) is 0 Å². The van der Waals surface area contributed by atoms with Crippen LogP contribution in [0.2, 0.25) is 18.1 Å². The van der Waals surface area contributed by atoms with Crippen molar-refractivity contribution in [3.05, 3.63) is 46.3 Å². The molecule has 1 aromatic rings. The van der Waals surface area contributed by atoms with Crippen LogP contribution in [0.1, 0.15) is 61.0 Å². The molecular weight excluding hydrogens is 614 g/mol. The van der Waals surface area contributed by atoms with Crippen LogP contribution >= 0.6 is 0 Å². The molecule has 14 heteroatoms. The molecule has 0 bridgehead atoms. The van der Waals surface area contributed by atoms with E-state index in [4.69, 9.17) is 37.7 Å². The summed E-state index contributed by atoms with van der Waals surface area (Å²) in [5.41, 5.74) is 10.5. The maximum absolute atomic E-state index is 11.8. The lowest BCUT2D eigenvalue weighted by Crippen LogP contribution is -2.61. The Morgan fingerprint density at radius 2 is 1.70 bits per heavy atom. The Balaban J connectivity index is 0.00000236. The molecule has 46 heavy (non-hydrogen) atoms. The summed E-state index contributed by atoms with van der Waals surface area (Å²) in [5, 5.41) is 15.0. The molecule has 3 rings (SSSR count). The molecule has 1 N–H and O–H groups in total. The summed E-state index contributed by atoms with van der Waals surface area (Å²) in [6, 6.07) is 9.05. The summed E-state index contributed by atoms with van der Waals surface area (Å²) in [4.78, 5) is 31.2. The fraction of sp³-hybridized carbons (Fsp3) is 0.750. The number of carbonyl (C=O) groups excluding carboxylic acids is 3. The quantitative estimate of drug-likeness (QED) is 0.100. The van der Waals surface area contributed by atoms with E-state index in [1.807, 2.05) is 44.2 Å². The molecule has 0 saturated carbocycles. The van der Waals surface area contributed by atoms with Gasteiger partial charge in [-0.3, -0.25) is 4.79 Å². The number of ether oxygens (including phenoxy) is 5. The Morgan fingerprint density at radius 3 is 2.24 bits per heavy atom. The zero-order valence-corrected chi connectivity index (χ0v) is 29.6. The summed E-state index contributed by atoms with van der Waals surface area (Å²) in [5.74, 6) is -0.848. The van der Waals surface area contributed by atoms with E-state index in [1.54, 1.807) is 6.92 Å². The number of esters is 1. The van der Waals surface area contributed by atoms with E-state index >= 15 is 0 Å². The molecule has 0 spiro atoms. The number of nitrogens with zero attached hydrogens (tertiary/aromatic N) is 3. The zero-order valence-electron chi connectivity index (χ0n) is 28.6. The van der Waals surface area contributed by atoms with Crippen LogP contribution in [0.25, 0.3) is 10.4 Å². The van der Waals surface area contributed by atoms with Gasteiger partial charge in [-0.2, -0.15) is 9.59 Å². The molecule has 0 aromatic heterocycles. The fourth-order valence-electron chi connectivity index (χ4n) is 5.59. The molecule has 0 aliphatic carbocycles. The van der Waals surface area contributed by atoms with Gasteiger partial charge in [0.2, 0.25) is 0 Å². The second kappa shape index (κ2) is 17.5. The number of benzene rings is 1. The topological polar surface area (TPSA) is 176 Å². The van der Waals surface area contributed by atoms with Gasteiger partial charge >= 0.3 is 12.1 Å². The molecule has 10 atom stereocenters. The monoisotopic (exact) mass is 665 g/mol. The van der Waals surface area contributed by atoms with Crippen LogP contribution < -0.4 is 0 Å². The highest BCUT2D eigenvalue weighted by molar-refractivity contribution is 6.74. The molecule has 2 fully saturated rings. The minimum atomic E-state index is -2.42. The summed E-state index contributed by atoms with van der Waals surface area (Å²) >= 11 is 0. The molecule has 2 aliphatic heterocycles.